The van der Waals surface area contributed by atoms with Gasteiger partial charge in [0.25, 0.3) is 17.7 Å². The number of anilines is 2. The number of amides is 3. The normalized spacial score (nSPS) is 19.1. The van der Waals surface area contributed by atoms with Gasteiger partial charge in [-0.2, -0.15) is 0 Å². The summed E-state index contributed by atoms with van der Waals surface area (Å²) in [6.07, 6.45) is 3.10. The minimum atomic E-state index is -0.631. The average Bonchev–Trinajstić information content (AvgIpc) is 2.99. The molecule has 2 aromatic carbocycles. The van der Waals surface area contributed by atoms with Crippen LogP contribution in [-0.2, 0) is 9.59 Å². The van der Waals surface area contributed by atoms with E-state index >= 15 is 0 Å². The van der Waals surface area contributed by atoms with Crippen molar-refractivity contribution in [1.29, 1.82) is 0 Å². The maximum Gasteiger partial charge on any atom is 0.283 e. The van der Waals surface area contributed by atoms with Gasteiger partial charge in [0, 0.05) is 28.9 Å². The zero-order chi connectivity index (χ0) is 23.0. The molecule has 166 valence electrons. The van der Waals surface area contributed by atoms with Gasteiger partial charge in [0.1, 0.15) is 10.7 Å². The van der Waals surface area contributed by atoms with Crippen molar-refractivity contribution in [2.45, 2.75) is 39.2 Å². The van der Waals surface area contributed by atoms with Crippen LogP contribution in [0.15, 0.2) is 53.2 Å². The maximum absolute atomic E-state index is 13.0. The van der Waals surface area contributed by atoms with Gasteiger partial charge in [-0.05, 0) is 69.0 Å². The molecule has 4 rings (SSSR count). The highest BCUT2D eigenvalue weighted by molar-refractivity contribution is 6.53. The van der Waals surface area contributed by atoms with Crippen molar-refractivity contribution >= 4 is 52.3 Å². The Morgan fingerprint density at radius 1 is 1.06 bits per heavy atom. The summed E-state index contributed by atoms with van der Waals surface area (Å²) in [5, 5.41) is 3.17. The topological polar surface area (TPSA) is 69.7 Å². The van der Waals surface area contributed by atoms with Crippen LogP contribution in [0.2, 0.25) is 5.02 Å². The van der Waals surface area contributed by atoms with Crippen LogP contribution in [0.5, 0.6) is 0 Å². The Morgan fingerprint density at radius 2 is 1.84 bits per heavy atom. The number of carbonyl (C=O) groups is 3. The zero-order valence-corrected chi connectivity index (χ0v) is 19.3. The van der Waals surface area contributed by atoms with E-state index in [-0.39, 0.29) is 22.7 Å². The van der Waals surface area contributed by atoms with E-state index in [1.807, 2.05) is 11.8 Å². The van der Waals surface area contributed by atoms with E-state index in [9.17, 15) is 14.4 Å². The first-order chi connectivity index (χ1) is 15.3. The summed E-state index contributed by atoms with van der Waals surface area (Å²) in [5.74, 6) is -1.26. The van der Waals surface area contributed by atoms with Gasteiger partial charge in [0.15, 0.2) is 0 Å². The van der Waals surface area contributed by atoms with Crippen molar-refractivity contribution in [3.63, 3.8) is 0 Å². The van der Waals surface area contributed by atoms with E-state index in [4.69, 9.17) is 23.2 Å². The molecule has 2 aliphatic heterocycles. The van der Waals surface area contributed by atoms with Crippen molar-refractivity contribution < 1.29 is 14.4 Å². The van der Waals surface area contributed by atoms with Gasteiger partial charge in [-0.1, -0.05) is 35.3 Å². The van der Waals surface area contributed by atoms with Crippen molar-refractivity contribution in [2.75, 3.05) is 16.8 Å². The Hall–Kier alpha value is -2.83. The standard InChI is InChI=1S/C24H23Cl2N3O3/c1-14-9-10-18(13-19(14)25)29-23(31)20(26)21(24(29)32)27-17-8-5-7-16(12-17)22(30)28-11-4-3-6-15(28)2/h5,7-10,12-13,15,27H,3-4,6,11H2,1-2H3. The predicted molar refractivity (Wildman–Crippen MR) is 126 cm³/mol. The van der Waals surface area contributed by atoms with E-state index in [0.717, 1.165) is 36.3 Å². The van der Waals surface area contributed by atoms with Crippen LogP contribution in [0.25, 0.3) is 0 Å². The number of hydrogen-bond acceptors (Lipinski definition) is 4. The van der Waals surface area contributed by atoms with Crippen LogP contribution in [-0.4, -0.2) is 35.2 Å². The Morgan fingerprint density at radius 3 is 2.56 bits per heavy atom. The molecule has 0 aliphatic carbocycles. The molecule has 2 aliphatic rings. The predicted octanol–water partition coefficient (Wildman–Crippen LogP) is 5.10. The smallest absolute Gasteiger partial charge is 0.283 e. The molecule has 0 aromatic heterocycles. The Bertz CT molecular complexity index is 1150. The molecule has 2 aromatic rings. The first-order valence-corrected chi connectivity index (χ1v) is 11.3. The molecule has 0 spiro atoms. The van der Waals surface area contributed by atoms with E-state index in [1.54, 1.807) is 42.5 Å². The molecule has 32 heavy (non-hydrogen) atoms. The monoisotopic (exact) mass is 471 g/mol. The van der Waals surface area contributed by atoms with Crippen molar-refractivity contribution in [3.05, 3.63) is 69.3 Å². The van der Waals surface area contributed by atoms with E-state index in [1.165, 1.54) is 0 Å². The second kappa shape index (κ2) is 8.96. The molecule has 3 amide bonds. The van der Waals surface area contributed by atoms with Gasteiger partial charge < -0.3 is 10.2 Å². The summed E-state index contributed by atoms with van der Waals surface area (Å²) < 4.78 is 0. The van der Waals surface area contributed by atoms with Crippen LogP contribution in [0.4, 0.5) is 11.4 Å². The maximum atomic E-state index is 13.0. The van der Waals surface area contributed by atoms with E-state index in [0.29, 0.717) is 22.0 Å². The first-order valence-electron chi connectivity index (χ1n) is 10.5. The fourth-order valence-electron chi connectivity index (χ4n) is 4.01. The Labute approximate surface area is 196 Å². The fourth-order valence-corrected chi connectivity index (χ4v) is 4.39. The van der Waals surface area contributed by atoms with E-state index < -0.39 is 11.8 Å². The molecule has 0 bridgehead atoms. The third kappa shape index (κ3) is 4.12. The van der Waals surface area contributed by atoms with Crippen LogP contribution >= 0.6 is 23.2 Å². The van der Waals surface area contributed by atoms with Crippen LogP contribution in [0.3, 0.4) is 0 Å². The zero-order valence-electron chi connectivity index (χ0n) is 17.8. The highest BCUT2D eigenvalue weighted by atomic mass is 35.5. The summed E-state index contributed by atoms with van der Waals surface area (Å²) in [4.78, 5) is 41.6. The number of likely N-dealkylation sites (tertiary alicyclic amines) is 1. The van der Waals surface area contributed by atoms with Crippen LogP contribution in [0, 0.1) is 6.92 Å². The summed E-state index contributed by atoms with van der Waals surface area (Å²) in [6, 6.07) is 12.0. The Balaban J connectivity index is 1.57. The number of imide groups is 1. The molecule has 6 nitrogen and oxygen atoms in total. The quantitative estimate of drug-likeness (QED) is 0.629. The van der Waals surface area contributed by atoms with Crippen molar-refractivity contribution in [3.8, 4) is 0 Å². The van der Waals surface area contributed by atoms with Crippen LogP contribution in [0.1, 0.15) is 42.1 Å². The third-order valence-corrected chi connectivity index (χ3v) is 6.64. The molecule has 1 saturated heterocycles. The number of nitrogens with zero attached hydrogens (tertiary/aromatic N) is 2. The summed E-state index contributed by atoms with van der Waals surface area (Å²) in [5.41, 5.74) is 2.15. The molecule has 1 fully saturated rings. The number of halogens is 2. The lowest BCUT2D eigenvalue weighted by molar-refractivity contribution is -0.120. The second-order valence-electron chi connectivity index (χ2n) is 8.12. The molecule has 1 atom stereocenters. The van der Waals surface area contributed by atoms with Crippen molar-refractivity contribution in [1.82, 2.24) is 4.90 Å². The third-order valence-electron chi connectivity index (χ3n) is 5.88. The number of aryl methyl sites for hydroxylation is 1. The average molecular weight is 472 g/mol. The highest BCUT2D eigenvalue weighted by Crippen LogP contribution is 2.32. The SMILES string of the molecule is Cc1ccc(N2C(=O)C(Cl)=C(Nc3cccc(C(=O)N4CCCCC4C)c3)C2=O)cc1Cl. The summed E-state index contributed by atoms with van der Waals surface area (Å²) in [6.45, 7) is 4.62. The Kier molecular flexibility index (Phi) is 6.26. The molecular weight excluding hydrogens is 449 g/mol. The number of nitrogens with one attached hydrogen (secondary N) is 1. The number of piperidine rings is 1. The van der Waals surface area contributed by atoms with Crippen LogP contribution < -0.4 is 10.2 Å². The lowest BCUT2D eigenvalue weighted by Crippen LogP contribution is -2.42. The van der Waals surface area contributed by atoms with Crippen molar-refractivity contribution in [2.24, 2.45) is 0 Å². The lowest BCUT2D eigenvalue weighted by Gasteiger charge is -2.33. The fraction of sp³-hybridized carbons (Fsp3) is 0.292. The highest BCUT2D eigenvalue weighted by Gasteiger charge is 2.39. The molecule has 0 saturated carbocycles. The van der Waals surface area contributed by atoms with Gasteiger partial charge >= 0.3 is 0 Å². The van der Waals surface area contributed by atoms with Gasteiger partial charge in [0.05, 0.1) is 5.69 Å². The molecule has 2 heterocycles. The molecule has 8 heteroatoms. The van der Waals surface area contributed by atoms with Gasteiger partial charge in [-0.3, -0.25) is 14.4 Å². The number of benzene rings is 2. The molecule has 1 unspecified atom stereocenters. The second-order valence-corrected chi connectivity index (χ2v) is 8.90. The number of carbonyl (C=O) groups excluding carboxylic acids is 3. The minimum Gasteiger partial charge on any atom is -0.350 e. The molecule has 0 radical (unpaired) electrons. The summed E-state index contributed by atoms with van der Waals surface area (Å²) in [7, 11) is 0. The van der Waals surface area contributed by atoms with Gasteiger partial charge in [-0.15, -0.1) is 0 Å². The summed E-state index contributed by atoms with van der Waals surface area (Å²) >= 11 is 12.4. The largest absolute Gasteiger partial charge is 0.350 e. The van der Waals surface area contributed by atoms with Gasteiger partial charge in [0.2, 0.25) is 0 Å². The molecular formula is C24H23Cl2N3O3. The van der Waals surface area contributed by atoms with E-state index in [2.05, 4.69) is 12.2 Å². The van der Waals surface area contributed by atoms with Gasteiger partial charge in [-0.25, -0.2) is 4.90 Å². The lowest BCUT2D eigenvalue weighted by atomic mass is 10.0. The molecule has 1 N–H and O–H groups in total. The number of rotatable bonds is 4. The first kappa shape index (κ1) is 22.4. The minimum absolute atomic E-state index is 0.0377. The number of hydrogen-bond donors (Lipinski definition) is 1.